The van der Waals surface area contributed by atoms with Crippen LogP contribution in [0.25, 0.3) is 0 Å². The highest BCUT2D eigenvalue weighted by molar-refractivity contribution is 6.29. The first kappa shape index (κ1) is 12.9. The lowest BCUT2D eigenvalue weighted by Crippen LogP contribution is -2.30. The lowest BCUT2D eigenvalue weighted by Gasteiger charge is -2.28. The molecule has 0 spiro atoms. The van der Waals surface area contributed by atoms with Gasteiger partial charge in [0.25, 0.3) is 0 Å². The van der Waals surface area contributed by atoms with E-state index in [9.17, 15) is 0 Å². The molecule has 2 rings (SSSR count). The van der Waals surface area contributed by atoms with E-state index >= 15 is 0 Å². The first-order chi connectivity index (χ1) is 8.66. The molecular weight excluding hydrogens is 244 g/mol. The van der Waals surface area contributed by atoms with E-state index in [4.69, 9.17) is 11.6 Å². The van der Waals surface area contributed by atoms with Gasteiger partial charge in [-0.3, -0.25) is 0 Å². The first-order valence-electron chi connectivity index (χ1n) is 6.09. The number of hydrogen-bond acceptors (Lipinski definition) is 2. The Kier molecular flexibility index (Phi) is 4.21. The van der Waals surface area contributed by atoms with Crippen molar-refractivity contribution in [3.8, 4) is 0 Å². The molecule has 94 valence electrons. The average Bonchev–Trinajstić information content (AvgIpc) is 2.38. The molecule has 2 aromatic rings. The molecule has 2 nitrogen and oxygen atoms in total. The van der Waals surface area contributed by atoms with E-state index in [-0.39, 0.29) is 0 Å². The number of halogens is 1. The van der Waals surface area contributed by atoms with Crippen LogP contribution in [0.3, 0.4) is 0 Å². The number of rotatable bonds is 4. The summed E-state index contributed by atoms with van der Waals surface area (Å²) in [6.07, 6.45) is 1.82. The van der Waals surface area contributed by atoms with Gasteiger partial charge in [0, 0.05) is 12.6 Å². The highest BCUT2D eigenvalue weighted by Crippen LogP contribution is 2.20. The van der Waals surface area contributed by atoms with Gasteiger partial charge < -0.3 is 4.90 Å². The Balaban J connectivity index is 2.21. The fraction of sp³-hybridized carbons (Fsp3) is 0.267. The first-order valence-corrected chi connectivity index (χ1v) is 6.47. The normalized spacial score (nSPS) is 10.7. The van der Waals surface area contributed by atoms with Crippen LogP contribution in [-0.2, 0) is 6.54 Å². The van der Waals surface area contributed by atoms with Gasteiger partial charge in [-0.25, -0.2) is 4.98 Å². The van der Waals surface area contributed by atoms with Crippen molar-refractivity contribution < 1.29 is 0 Å². The lowest BCUT2D eigenvalue weighted by atomic mass is 10.1. The minimum Gasteiger partial charge on any atom is -0.364 e. The molecule has 1 aromatic heterocycles. The average molecular weight is 261 g/mol. The van der Waals surface area contributed by atoms with Gasteiger partial charge in [0.15, 0.2) is 0 Å². The molecule has 0 N–H and O–H groups in total. The molecule has 0 amide bonds. The summed E-state index contributed by atoms with van der Waals surface area (Å²) in [7, 11) is 0. The summed E-state index contributed by atoms with van der Waals surface area (Å²) in [6.45, 7) is 5.23. The van der Waals surface area contributed by atoms with Crippen LogP contribution in [0, 0.1) is 0 Å². The summed E-state index contributed by atoms with van der Waals surface area (Å²) in [5, 5.41) is 0.530. The van der Waals surface area contributed by atoms with Gasteiger partial charge in [-0.05, 0) is 31.5 Å². The van der Waals surface area contributed by atoms with E-state index in [2.05, 4.69) is 48.0 Å². The van der Waals surface area contributed by atoms with Crippen LogP contribution in [0.1, 0.15) is 19.4 Å². The van der Waals surface area contributed by atoms with E-state index in [0.29, 0.717) is 11.2 Å². The Morgan fingerprint density at radius 2 is 1.83 bits per heavy atom. The smallest absolute Gasteiger partial charge is 0.129 e. The van der Waals surface area contributed by atoms with E-state index < -0.39 is 0 Å². The van der Waals surface area contributed by atoms with Crippen molar-refractivity contribution in [1.82, 2.24) is 4.98 Å². The van der Waals surface area contributed by atoms with Gasteiger partial charge in [-0.2, -0.15) is 0 Å². The van der Waals surface area contributed by atoms with Crippen LogP contribution < -0.4 is 4.90 Å². The Morgan fingerprint density at radius 1 is 1.11 bits per heavy atom. The quantitative estimate of drug-likeness (QED) is 0.768. The maximum atomic E-state index is 5.83. The number of nitrogens with zero attached hydrogens (tertiary/aromatic N) is 2. The van der Waals surface area contributed by atoms with Crippen molar-refractivity contribution in [3.63, 3.8) is 0 Å². The van der Waals surface area contributed by atoms with E-state index in [1.54, 1.807) is 0 Å². The molecule has 18 heavy (non-hydrogen) atoms. The summed E-state index contributed by atoms with van der Waals surface area (Å²) in [5.74, 6) is 0. The number of benzene rings is 1. The second kappa shape index (κ2) is 5.87. The zero-order valence-corrected chi connectivity index (χ0v) is 11.4. The van der Waals surface area contributed by atoms with Crippen molar-refractivity contribution in [1.29, 1.82) is 0 Å². The summed E-state index contributed by atoms with van der Waals surface area (Å²) in [5.41, 5.74) is 2.39. The summed E-state index contributed by atoms with van der Waals surface area (Å²) < 4.78 is 0. The van der Waals surface area contributed by atoms with E-state index in [0.717, 1.165) is 12.2 Å². The number of hydrogen-bond donors (Lipinski definition) is 0. The van der Waals surface area contributed by atoms with Gasteiger partial charge in [-0.15, -0.1) is 0 Å². The third-order valence-electron chi connectivity index (χ3n) is 2.86. The molecule has 0 saturated heterocycles. The maximum Gasteiger partial charge on any atom is 0.129 e. The largest absolute Gasteiger partial charge is 0.364 e. The SMILES string of the molecule is CC(C)N(Cc1ccccc1)c1ccc(Cl)nc1. The van der Waals surface area contributed by atoms with Crippen LogP contribution >= 0.6 is 11.6 Å². The molecule has 0 unspecified atom stereocenters. The standard InChI is InChI=1S/C15H17ClN2/c1-12(2)18(11-13-6-4-3-5-7-13)14-8-9-15(16)17-10-14/h3-10,12H,11H2,1-2H3. The molecule has 0 aliphatic heterocycles. The fourth-order valence-electron chi connectivity index (χ4n) is 1.89. The van der Waals surface area contributed by atoms with E-state index in [1.165, 1.54) is 5.56 Å². The molecule has 0 saturated carbocycles. The zero-order valence-electron chi connectivity index (χ0n) is 10.7. The molecule has 1 aromatic carbocycles. The molecular formula is C15H17ClN2. The second-order valence-corrected chi connectivity index (χ2v) is 4.93. The molecule has 0 fully saturated rings. The monoisotopic (exact) mass is 260 g/mol. The lowest BCUT2D eigenvalue weighted by molar-refractivity contribution is 0.681. The molecule has 0 aliphatic carbocycles. The molecule has 0 bridgehead atoms. The highest BCUT2D eigenvalue weighted by atomic mass is 35.5. The summed E-state index contributed by atoms with van der Waals surface area (Å²) in [4.78, 5) is 6.45. The Morgan fingerprint density at radius 3 is 2.39 bits per heavy atom. The van der Waals surface area contributed by atoms with Gasteiger partial charge in [-0.1, -0.05) is 41.9 Å². The van der Waals surface area contributed by atoms with Crippen molar-refractivity contribution in [3.05, 3.63) is 59.4 Å². The third kappa shape index (κ3) is 3.23. The molecule has 0 aliphatic rings. The van der Waals surface area contributed by atoms with Gasteiger partial charge in [0.1, 0.15) is 5.15 Å². The van der Waals surface area contributed by atoms with Crippen molar-refractivity contribution in [2.45, 2.75) is 26.4 Å². The molecule has 1 heterocycles. The maximum absolute atomic E-state index is 5.83. The van der Waals surface area contributed by atoms with Crippen LogP contribution in [0.15, 0.2) is 48.7 Å². The highest BCUT2D eigenvalue weighted by Gasteiger charge is 2.11. The molecule has 3 heteroatoms. The van der Waals surface area contributed by atoms with Crippen molar-refractivity contribution >= 4 is 17.3 Å². The topological polar surface area (TPSA) is 16.1 Å². The fourth-order valence-corrected chi connectivity index (χ4v) is 2.00. The van der Waals surface area contributed by atoms with Crippen molar-refractivity contribution in [2.75, 3.05) is 4.90 Å². The number of aromatic nitrogens is 1. The predicted octanol–water partition coefficient (Wildman–Crippen LogP) is 4.15. The number of anilines is 1. The number of pyridine rings is 1. The second-order valence-electron chi connectivity index (χ2n) is 4.55. The summed E-state index contributed by atoms with van der Waals surface area (Å²) >= 11 is 5.83. The van der Waals surface area contributed by atoms with Crippen LogP contribution in [0.5, 0.6) is 0 Å². The van der Waals surface area contributed by atoms with Gasteiger partial charge >= 0.3 is 0 Å². The van der Waals surface area contributed by atoms with Crippen LogP contribution in [-0.4, -0.2) is 11.0 Å². The minimum atomic E-state index is 0.410. The van der Waals surface area contributed by atoms with Crippen molar-refractivity contribution in [2.24, 2.45) is 0 Å². The molecule has 0 radical (unpaired) electrons. The van der Waals surface area contributed by atoms with Crippen LogP contribution in [0.4, 0.5) is 5.69 Å². The van der Waals surface area contributed by atoms with E-state index in [1.807, 2.05) is 24.4 Å². The third-order valence-corrected chi connectivity index (χ3v) is 3.09. The van der Waals surface area contributed by atoms with Gasteiger partial charge in [0.05, 0.1) is 11.9 Å². The Labute approximate surface area is 113 Å². The molecule has 0 atom stereocenters. The van der Waals surface area contributed by atoms with Crippen LogP contribution in [0.2, 0.25) is 5.15 Å². The predicted molar refractivity (Wildman–Crippen MR) is 77.0 cm³/mol. The Bertz CT molecular complexity index is 480. The van der Waals surface area contributed by atoms with Gasteiger partial charge in [0.2, 0.25) is 0 Å². The summed E-state index contributed by atoms with van der Waals surface area (Å²) in [6, 6.07) is 14.7. The minimum absolute atomic E-state index is 0.410. The Hall–Kier alpha value is -1.54. The zero-order chi connectivity index (χ0) is 13.0.